The quantitative estimate of drug-likeness (QED) is 0.120. The number of ether oxygens (including phenoxy) is 7. The molecule has 72 heavy (non-hydrogen) atoms. The molecule has 4 heterocycles. The third-order valence-corrected chi connectivity index (χ3v) is 16.6. The molecule has 20 nitrogen and oxygen atoms in total. The molecule has 0 aliphatic carbocycles. The molecule has 0 saturated carbocycles. The highest BCUT2D eigenvalue weighted by molar-refractivity contribution is 7.90. The molecular formula is C51H87N5O15S. The molecule has 0 bridgehead atoms. The lowest BCUT2D eigenvalue weighted by atomic mass is 9.77. The van der Waals surface area contributed by atoms with Crippen molar-refractivity contribution in [1.29, 1.82) is 0 Å². The first-order valence-corrected chi connectivity index (χ1v) is 27.5. The number of hydrogen-bond donors (Lipinski definition) is 5. The maximum absolute atomic E-state index is 14.5. The Balaban J connectivity index is 1.37. The molecule has 3 aliphatic rings. The molecule has 18 atom stereocenters. The Hall–Kier alpha value is -2.90. The van der Waals surface area contributed by atoms with E-state index >= 15 is 0 Å². The van der Waals surface area contributed by atoms with Gasteiger partial charge in [0.2, 0.25) is 0 Å². The number of carbonyl (C=O) groups is 1. The minimum Gasteiger partial charge on any atom is -0.494 e. The number of rotatable bonds is 16. The third-order valence-electron chi connectivity index (χ3n) is 15.5. The second kappa shape index (κ2) is 24.8. The fourth-order valence-corrected chi connectivity index (χ4v) is 11.5. The molecule has 0 spiro atoms. The molecular weight excluding hydrogens is 955 g/mol. The van der Waals surface area contributed by atoms with Gasteiger partial charge in [-0.05, 0) is 112 Å². The van der Waals surface area contributed by atoms with E-state index in [0.29, 0.717) is 51.3 Å². The van der Waals surface area contributed by atoms with Crippen molar-refractivity contribution in [3.8, 4) is 5.75 Å². The van der Waals surface area contributed by atoms with Crippen LogP contribution in [-0.4, -0.2) is 202 Å². The van der Waals surface area contributed by atoms with Gasteiger partial charge in [-0.3, -0.25) is 9.48 Å². The SMILES string of the molecule is CC[C@H]1OC(=O)[C@H](C)[C@@H](O[C@H]2C[C@@](C)(OC)[C@@H](O)[C@H](C)O2)[C@H](C)[C@@H](O[C@@H]2O[C@H](C)C[C@H](N(C)CCc3cn(CCCOc4ccc(S(C)(=O)=O)cc4)nn3)[C@H]2O)[C@](C)(O)C[C@@H](C)CN(C)[C@H](C)[C@@H](O)[C@]1(C)O. The highest BCUT2D eigenvalue weighted by Gasteiger charge is 2.53. The van der Waals surface area contributed by atoms with Crippen molar-refractivity contribution in [2.45, 2.75) is 210 Å². The van der Waals surface area contributed by atoms with Crippen LogP contribution < -0.4 is 4.74 Å². The first-order chi connectivity index (χ1) is 33.5. The molecule has 2 aromatic rings. The van der Waals surface area contributed by atoms with Crippen molar-refractivity contribution in [3.05, 3.63) is 36.2 Å². The van der Waals surface area contributed by atoms with Crippen LogP contribution in [-0.2, 0) is 56.0 Å². The molecule has 5 N–H and O–H groups in total. The summed E-state index contributed by atoms with van der Waals surface area (Å²) >= 11 is 0. The van der Waals surface area contributed by atoms with Crippen LogP contribution in [0.2, 0.25) is 0 Å². The summed E-state index contributed by atoms with van der Waals surface area (Å²) in [5.41, 5.74) is -3.79. The van der Waals surface area contributed by atoms with E-state index in [4.69, 9.17) is 33.2 Å². The summed E-state index contributed by atoms with van der Waals surface area (Å²) in [5.74, 6) is -2.25. The van der Waals surface area contributed by atoms with Crippen molar-refractivity contribution < 1.29 is 71.9 Å². The maximum atomic E-state index is 14.5. The van der Waals surface area contributed by atoms with Crippen LogP contribution >= 0.6 is 0 Å². The number of cyclic esters (lactones) is 1. The first-order valence-electron chi connectivity index (χ1n) is 25.6. The van der Waals surface area contributed by atoms with Crippen molar-refractivity contribution in [2.24, 2.45) is 17.8 Å². The highest BCUT2D eigenvalue weighted by atomic mass is 32.2. The monoisotopic (exact) mass is 1040 g/mol. The molecule has 3 saturated heterocycles. The molecule has 0 radical (unpaired) electrons. The minimum absolute atomic E-state index is 0.0933. The first kappa shape index (κ1) is 60.0. The number of sulfone groups is 1. The molecule has 1 aromatic carbocycles. The van der Waals surface area contributed by atoms with E-state index in [9.17, 15) is 38.7 Å². The van der Waals surface area contributed by atoms with E-state index in [-0.39, 0.29) is 36.2 Å². The van der Waals surface area contributed by atoms with Crippen LogP contribution in [0.5, 0.6) is 5.75 Å². The molecule has 0 amide bonds. The number of methoxy groups -OCH3 is 1. The summed E-state index contributed by atoms with van der Waals surface area (Å²) in [6.07, 6.45) is -4.98. The van der Waals surface area contributed by atoms with Gasteiger partial charge in [0.1, 0.15) is 35.8 Å². The van der Waals surface area contributed by atoms with E-state index in [1.54, 1.807) is 58.4 Å². The van der Waals surface area contributed by atoms with E-state index in [2.05, 4.69) is 10.3 Å². The highest BCUT2D eigenvalue weighted by Crippen LogP contribution is 2.40. The number of likely N-dealkylation sites (N-methyl/N-ethyl adjacent to an activating group) is 2. The van der Waals surface area contributed by atoms with Gasteiger partial charge in [0.05, 0.1) is 58.7 Å². The zero-order valence-electron chi connectivity index (χ0n) is 45.1. The fraction of sp³-hybridized carbons (Fsp3) is 0.824. The number of benzene rings is 1. The van der Waals surface area contributed by atoms with Crippen molar-refractivity contribution in [1.82, 2.24) is 24.8 Å². The van der Waals surface area contributed by atoms with E-state index < -0.39 is 112 Å². The summed E-state index contributed by atoms with van der Waals surface area (Å²) in [5, 5.41) is 68.3. The summed E-state index contributed by atoms with van der Waals surface area (Å²) in [4.78, 5) is 18.7. The van der Waals surface area contributed by atoms with Gasteiger partial charge in [-0.2, -0.15) is 0 Å². The van der Waals surface area contributed by atoms with Gasteiger partial charge >= 0.3 is 5.97 Å². The lowest BCUT2D eigenvalue weighted by Crippen LogP contribution is -2.61. The lowest BCUT2D eigenvalue weighted by Gasteiger charge is -2.49. The summed E-state index contributed by atoms with van der Waals surface area (Å²) in [7, 11) is 1.95. The zero-order chi connectivity index (χ0) is 53.7. The van der Waals surface area contributed by atoms with Gasteiger partial charge in [0.15, 0.2) is 22.4 Å². The molecule has 3 fully saturated rings. The second-order valence-corrected chi connectivity index (χ2v) is 23.9. The second-order valence-electron chi connectivity index (χ2n) is 21.9. The van der Waals surface area contributed by atoms with Crippen molar-refractivity contribution >= 4 is 15.8 Å². The number of hydrogen-bond acceptors (Lipinski definition) is 19. The Morgan fingerprint density at radius 1 is 0.958 bits per heavy atom. The van der Waals surface area contributed by atoms with Gasteiger partial charge in [0.25, 0.3) is 0 Å². The Morgan fingerprint density at radius 2 is 1.62 bits per heavy atom. The van der Waals surface area contributed by atoms with Gasteiger partial charge in [-0.15, -0.1) is 5.10 Å². The van der Waals surface area contributed by atoms with Crippen LogP contribution in [0.25, 0.3) is 0 Å². The largest absolute Gasteiger partial charge is 0.494 e. The van der Waals surface area contributed by atoms with Gasteiger partial charge in [-0.25, -0.2) is 8.42 Å². The van der Waals surface area contributed by atoms with E-state index in [0.717, 1.165) is 11.9 Å². The van der Waals surface area contributed by atoms with Crippen LogP contribution in [0, 0.1) is 17.8 Å². The molecule has 21 heteroatoms. The smallest absolute Gasteiger partial charge is 0.311 e. The molecule has 3 aliphatic heterocycles. The Labute approximate surface area is 427 Å². The van der Waals surface area contributed by atoms with Crippen LogP contribution in [0.1, 0.15) is 107 Å². The standard InChI is InChI=1S/C51H87N5O15S/c1-15-40-51(10,62)44(58)34(6)55(12)28-30(2)26-49(8,61)46(32(4)43(33(5)47(60)69-40)70-41-27-50(9,65-13)45(59)35(7)68-41)71-48-42(57)39(25-31(3)67-48)54(11)23-21-36-29-56(53-52-36)22-16-24-66-37-17-19-38(20-18-37)72(14,63)64/h17-20,29-35,39-46,48,57-59,61-62H,15-16,21-28H2,1-14H3/t30-,31-,32+,33-,34-,35+,39+,40-,41+,42-,43+,44-,45+,46-,48+,49-,50-,51-/m1/s1. The number of aliphatic hydroxyl groups excluding tert-OH is 3. The van der Waals surface area contributed by atoms with Crippen LogP contribution in [0.3, 0.4) is 0 Å². The normalized spacial score (nSPS) is 39.3. The summed E-state index contributed by atoms with van der Waals surface area (Å²) in [6.45, 7) is 19.4. The van der Waals surface area contributed by atoms with Gasteiger partial charge < -0.3 is 68.5 Å². The number of nitrogens with zero attached hydrogens (tertiary/aromatic N) is 5. The average Bonchev–Trinajstić information content (AvgIpc) is 3.78. The van der Waals surface area contributed by atoms with E-state index in [1.165, 1.54) is 26.2 Å². The third kappa shape index (κ3) is 14.7. The average molecular weight is 1040 g/mol. The summed E-state index contributed by atoms with van der Waals surface area (Å²) < 4.78 is 69.3. The predicted octanol–water partition coefficient (Wildman–Crippen LogP) is 2.98. The Morgan fingerprint density at radius 3 is 2.25 bits per heavy atom. The topological polar surface area (TPSA) is 254 Å². The number of carbonyl (C=O) groups excluding carboxylic acids is 1. The lowest BCUT2D eigenvalue weighted by molar-refractivity contribution is -0.318. The fourth-order valence-electron chi connectivity index (χ4n) is 10.9. The number of aryl methyl sites for hydroxylation is 1. The van der Waals surface area contributed by atoms with Crippen molar-refractivity contribution in [3.63, 3.8) is 0 Å². The van der Waals surface area contributed by atoms with Crippen LogP contribution in [0.15, 0.2) is 35.4 Å². The molecule has 1 aromatic heterocycles. The zero-order valence-corrected chi connectivity index (χ0v) is 45.9. The predicted molar refractivity (Wildman–Crippen MR) is 267 cm³/mol. The Bertz CT molecular complexity index is 2130. The summed E-state index contributed by atoms with van der Waals surface area (Å²) in [6, 6.07) is 5.29. The number of esters is 1. The molecule has 5 rings (SSSR count). The maximum Gasteiger partial charge on any atom is 0.311 e. The molecule has 412 valence electrons. The van der Waals surface area contributed by atoms with Gasteiger partial charge in [0, 0.05) is 76.5 Å². The van der Waals surface area contributed by atoms with Crippen LogP contribution in [0.4, 0.5) is 0 Å². The van der Waals surface area contributed by atoms with Gasteiger partial charge in [-0.1, -0.05) is 26.0 Å². The Kier molecular flexibility index (Phi) is 20.7. The number of aromatic nitrogens is 3. The van der Waals surface area contributed by atoms with E-state index in [1.807, 2.05) is 50.9 Å². The van der Waals surface area contributed by atoms with Crippen molar-refractivity contribution in [2.75, 3.05) is 47.2 Å². The minimum atomic E-state index is -3.29. The number of aliphatic hydroxyl groups is 5. The molecule has 0 unspecified atom stereocenters.